The van der Waals surface area contributed by atoms with E-state index in [9.17, 15) is 8.42 Å². The summed E-state index contributed by atoms with van der Waals surface area (Å²) in [4.78, 5) is 12.0. The van der Waals surface area contributed by atoms with Crippen molar-refractivity contribution in [2.24, 2.45) is 0 Å². The molecule has 4 heterocycles. The minimum atomic E-state index is -3.18. The predicted molar refractivity (Wildman–Crippen MR) is 112 cm³/mol. The van der Waals surface area contributed by atoms with E-state index in [4.69, 9.17) is 10.8 Å². The molecule has 0 radical (unpaired) electrons. The molecule has 3 aromatic heterocycles. The highest BCUT2D eigenvalue weighted by Gasteiger charge is 2.29. The molecule has 4 aromatic rings. The van der Waals surface area contributed by atoms with Gasteiger partial charge in [-0.2, -0.15) is 5.10 Å². The molecule has 150 valence electrons. The van der Waals surface area contributed by atoms with Crippen LogP contribution in [0.4, 0.5) is 5.82 Å². The number of sulfonamides is 1. The monoisotopic (exact) mass is 411 g/mol. The third-order valence-corrected chi connectivity index (χ3v) is 6.84. The number of H-pyrrole nitrogens is 1. The quantitative estimate of drug-likeness (QED) is 0.532. The lowest BCUT2D eigenvalue weighted by molar-refractivity contribution is 0.266. The molecule has 1 saturated heterocycles. The Labute approximate surface area is 167 Å². The van der Waals surface area contributed by atoms with Gasteiger partial charge in [-0.1, -0.05) is 18.2 Å². The Kier molecular flexibility index (Phi) is 4.07. The third kappa shape index (κ3) is 3.04. The Morgan fingerprint density at radius 1 is 1.17 bits per heavy atom. The van der Waals surface area contributed by atoms with E-state index in [1.54, 1.807) is 0 Å². The second-order valence-electron chi connectivity index (χ2n) is 7.41. The number of piperidine rings is 1. The highest BCUT2D eigenvalue weighted by molar-refractivity contribution is 7.88. The fraction of sp³-hybridized carbons (Fsp3) is 0.316. The summed E-state index contributed by atoms with van der Waals surface area (Å²) in [6.07, 6.45) is 4.02. The number of nitrogens with one attached hydrogen (secondary N) is 1. The number of aromatic amines is 1. The van der Waals surface area contributed by atoms with Crippen LogP contribution >= 0.6 is 0 Å². The van der Waals surface area contributed by atoms with E-state index >= 15 is 0 Å². The average molecular weight is 411 g/mol. The summed E-state index contributed by atoms with van der Waals surface area (Å²) in [5.41, 5.74) is 9.45. The molecule has 9 nitrogen and oxygen atoms in total. The van der Waals surface area contributed by atoms with E-state index in [1.165, 1.54) is 16.9 Å². The fourth-order valence-electron chi connectivity index (χ4n) is 4.06. The van der Waals surface area contributed by atoms with Crippen LogP contribution in [0.25, 0.3) is 33.3 Å². The molecule has 0 amide bonds. The van der Waals surface area contributed by atoms with Crippen molar-refractivity contribution in [3.05, 3.63) is 36.7 Å². The molecular formula is C19H21N7O2S. The molecule has 0 atom stereocenters. The van der Waals surface area contributed by atoms with Crippen LogP contribution in [0.5, 0.6) is 0 Å². The SMILES string of the molecule is CS(=O)(=O)N1CCC(n2nc(-c3cc4ccccc4[nH]3)c3c(N)ncnc32)CC1. The summed E-state index contributed by atoms with van der Waals surface area (Å²) in [5, 5.41) is 6.66. The number of hydrogen-bond acceptors (Lipinski definition) is 6. The molecule has 5 rings (SSSR count). The van der Waals surface area contributed by atoms with Crippen LogP contribution in [0.15, 0.2) is 36.7 Å². The van der Waals surface area contributed by atoms with Gasteiger partial charge in [0.05, 0.1) is 23.4 Å². The van der Waals surface area contributed by atoms with Crippen LogP contribution in [-0.2, 0) is 10.0 Å². The molecule has 29 heavy (non-hydrogen) atoms. The summed E-state index contributed by atoms with van der Waals surface area (Å²) < 4.78 is 27.0. The van der Waals surface area contributed by atoms with E-state index in [-0.39, 0.29) is 6.04 Å². The van der Waals surface area contributed by atoms with Crippen LogP contribution in [-0.4, -0.2) is 56.8 Å². The number of nitrogen functional groups attached to an aromatic ring is 1. The summed E-state index contributed by atoms with van der Waals surface area (Å²) in [6, 6.07) is 10.1. The normalized spacial score (nSPS) is 16.7. The van der Waals surface area contributed by atoms with Crippen molar-refractivity contribution in [1.82, 2.24) is 29.0 Å². The molecule has 1 fully saturated rings. The maximum atomic E-state index is 11.8. The molecule has 1 aliphatic rings. The number of nitrogens with two attached hydrogens (primary N) is 1. The number of para-hydroxylation sites is 1. The topological polar surface area (TPSA) is 123 Å². The zero-order valence-corrected chi connectivity index (χ0v) is 16.7. The van der Waals surface area contributed by atoms with Crippen LogP contribution in [0.1, 0.15) is 18.9 Å². The number of fused-ring (bicyclic) bond motifs is 2. The van der Waals surface area contributed by atoms with E-state index in [1.807, 2.05) is 35.0 Å². The lowest BCUT2D eigenvalue weighted by Gasteiger charge is -2.30. The maximum absolute atomic E-state index is 11.8. The number of aromatic nitrogens is 5. The number of nitrogens with zero attached hydrogens (tertiary/aromatic N) is 5. The molecule has 1 aliphatic heterocycles. The van der Waals surface area contributed by atoms with Gasteiger partial charge in [0.15, 0.2) is 5.65 Å². The van der Waals surface area contributed by atoms with E-state index in [2.05, 4.69) is 15.0 Å². The Hall–Kier alpha value is -2.98. The van der Waals surface area contributed by atoms with Crippen molar-refractivity contribution < 1.29 is 8.42 Å². The zero-order chi connectivity index (χ0) is 20.2. The van der Waals surface area contributed by atoms with E-state index in [0.29, 0.717) is 48.5 Å². The van der Waals surface area contributed by atoms with Gasteiger partial charge in [0, 0.05) is 24.0 Å². The van der Waals surface area contributed by atoms with Crippen molar-refractivity contribution in [1.29, 1.82) is 0 Å². The zero-order valence-electron chi connectivity index (χ0n) is 15.9. The molecule has 0 aliphatic carbocycles. The lowest BCUT2D eigenvalue weighted by Crippen LogP contribution is -2.38. The van der Waals surface area contributed by atoms with Crippen LogP contribution in [0.3, 0.4) is 0 Å². The Balaban J connectivity index is 1.60. The van der Waals surface area contributed by atoms with Gasteiger partial charge in [0.1, 0.15) is 17.8 Å². The molecule has 0 unspecified atom stereocenters. The van der Waals surface area contributed by atoms with E-state index < -0.39 is 10.0 Å². The maximum Gasteiger partial charge on any atom is 0.211 e. The van der Waals surface area contributed by atoms with Crippen LogP contribution in [0, 0.1) is 0 Å². The molecule has 0 bridgehead atoms. The highest BCUT2D eigenvalue weighted by atomic mass is 32.2. The van der Waals surface area contributed by atoms with Crippen molar-refractivity contribution in [3.8, 4) is 11.4 Å². The molecule has 0 saturated carbocycles. The van der Waals surface area contributed by atoms with Crippen molar-refractivity contribution in [2.45, 2.75) is 18.9 Å². The first-order valence-corrected chi connectivity index (χ1v) is 11.3. The lowest BCUT2D eigenvalue weighted by atomic mass is 10.1. The fourth-order valence-corrected chi connectivity index (χ4v) is 4.93. The van der Waals surface area contributed by atoms with Crippen molar-refractivity contribution in [3.63, 3.8) is 0 Å². The van der Waals surface area contributed by atoms with Crippen LogP contribution in [0.2, 0.25) is 0 Å². The standard InChI is InChI=1S/C19H21N7O2S/c1-29(27,28)25-8-6-13(7-9-25)26-19-16(18(20)21-11-22-19)17(24-26)15-10-12-4-2-3-5-14(12)23-15/h2-5,10-11,13,23H,6-9H2,1H3,(H2,20,21,22). The number of anilines is 1. The summed E-state index contributed by atoms with van der Waals surface area (Å²) in [5.74, 6) is 0.378. The first-order chi connectivity index (χ1) is 13.9. The average Bonchev–Trinajstić information content (AvgIpc) is 3.29. The Morgan fingerprint density at radius 2 is 1.93 bits per heavy atom. The van der Waals surface area contributed by atoms with Gasteiger partial charge in [-0.25, -0.2) is 27.4 Å². The minimum Gasteiger partial charge on any atom is -0.383 e. The van der Waals surface area contributed by atoms with Gasteiger partial charge in [-0.3, -0.25) is 0 Å². The van der Waals surface area contributed by atoms with Gasteiger partial charge in [0.2, 0.25) is 10.0 Å². The highest BCUT2D eigenvalue weighted by Crippen LogP contribution is 2.35. The van der Waals surface area contributed by atoms with Gasteiger partial charge in [-0.05, 0) is 25.0 Å². The molecular weight excluding hydrogens is 390 g/mol. The molecule has 0 spiro atoms. The smallest absolute Gasteiger partial charge is 0.211 e. The van der Waals surface area contributed by atoms with Gasteiger partial charge in [0.25, 0.3) is 0 Å². The Morgan fingerprint density at radius 3 is 2.66 bits per heavy atom. The number of benzene rings is 1. The van der Waals surface area contributed by atoms with Crippen LogP contribution < -0.4 is 5.73 Å². The third-order valence-electron chi connectivity index (χ3n) is 5.54. The largest absolute Gasteiger partial charge is 0.383 e. The Bertz CT molecular complexity index is 1280. The number of hydrogen-bond donors (Lipinski definition) is 2. The van der Waals surface area contributed by atoms with Crippen molar-refractivity contribution >= 4 is 37.8 Å². The molecule has 1 aromatic carbocycles. The predicted octanol–water partition coefficient (Wildman–Crippen LogP) is 2.15. The van der Waals surface area contributed by atoms with Gasteiger partial charge < -0.3 is 10.7 Å². The summed E-state index contributed by atoms with van der Waals surface area (Å²) in [7, 11) is -3.18. The number of rotatable bonds is 3. The molecule has 10 heteroatoms. The summed E-state index contributed by atoms with van der Waals surface area (Å²) in [6.45, 7) is 0.931. The van der Waals surface area contributed by atoms with Crippen molar-refractivity contribution in [2.75, 3.05) is 25.1 Å². The second-order valence-corrected chi connectivity index (χ2v) is 9.40. The summed E-state index contributed by atoms with van der Waals surface area (Å²) >= 11 is 0. The first kappa shape index (κ1) is 18.1. The second kappa shape index (κ2) is 6.53. The van der Waals surface area contributed by atoms with Gasteiger partial charge in [-0.15, -0.1) is 0 Å². The van der Waals surface area contributed by atoms with Gasteiger partial charge >= 0.3 is 0 Å². The first-order valence-electron chi connectivity index (χ1n) is 9.44. The molecule has 3 N–H and O–H groups in total. The van der Waals surface area contributed by atoms with E-state index in [0.717, 1.165) is 16.6 Å². The minimum absolute atomic E-state index is 0.0444.